The summed E-state index contributed by atoms with van der Waals surface area (Å²) in [6.07, 6.45) is -0.508. The van der Waals surface area contributed by atoms with E-state index in [4.69, 9.17) is 0 Å². The molecule has 1 amide bonds. The average Bonchev–Trinajstić information content (AvgIpc) is 2.94. The summed E-state index contributed by atoms with van der Waals surface area (Å²) < 4.78 is 1.83. The predicted molar refractivity (Wildman–Crippen MR) is 104 cm³/mol. The Labute approximate surface area is 152 Å². The first kappa shape index (κ1) is 17.9. The van der Waals surface area contributed by atoms with Crippen LogP contribution in [0.25, 0.3) is 11.0 Å². The molecule has 0 saturated carbocycles. The number of imidazole rings is 1. The molecule has 6 heteroatoms. The van der Waals surface area contributed by atoms with Crippen molar-refractivity contribution in [1.29, 1.82) is 0 Å². The van der Waals surface area contributed by atoms with Gasteiger partial charge in [-0.05, 0) is 44.0 Å². The zero-order valence-corrected chi connectivity index (χ0v) is 15.3. The summed E-state index contributed by atoms with van der Waals surface area (Å²) in [5.74, 6) is 0.453. The van der Waals surface area contributed by atoms with Crippen molar-refractivity contribution in [2.45, 2.75) is 33.4 Å². The topological polar surface area (TPSA) is 79.2 Å². The van der Waals surface area contributed by atoms with Crippen molar-refractivity contribution in [3.05, 3.63) is 53.6 Å². The molecule has 6 nitrogen and oxygen atoms in total. The Morgan fingerprint density at radius 1 is 1.15 bits per heavy atom. The van der Waals surface area contributed by atoms with Gasteiger partial charge in [0.15, 0.2) is 0 Å². The van der Waals surface area contributed by atoms with Crippen molar-refractivity contribution in [3.8, 4) is 0 Å². The summed E-state index contributed by atoms with van der Waals surface area (Å²) in [5, 5.41) is 15.7. The van der Waals surface area contributed by atoms with Gasteiger partial charge in [0.1, 0.15) is 6.54 Å². The number of anilines is 2. The van der Waals surface area contributed by atoms with E-state index in [1.807, 2.05) is 60.9 Å². The van der Waals surface area contributed by atoms with E-state index in [0.717, 1.165) is 27.8 Å². The highest BCUT2D eigenvalue weighted by Crippen LogP contribution is 2.22. The van der Waals surface area contributed by atoms with Crippen LogP contribution >= 0.6 is 0 Å². The number of nitrogens with one attached hydrogen (secondary N) is 2. The summed E-state index contributed by atoms with van der Waals surface area (Å²) in [5.41, 5.74) is 4.58. The van der Waals surface area contributed by atoms with Gasteiger partial charge in [-0.2, -0.15) is 0 Å². The zero-order chi connectivity index (χ0) is 18.7. The van der Waals surface area contributed by atoms with E-state index in [1.165, 1.54) is 0 Å². The van der Waals surface area contributed by atoms with Crippen molar-refractivity contribution in [3.63, 3.8) is 0 Å². The number of hydrogen-bond donors (Lipinski definition) is 3. The number of fused-ring (bicyclic) bond motifs is 1. The van der Waals surface area contributed by atoms with Gasteiger partial charge in [0.05, 0.1) is 17.1 Å². The van der Waals surface area contributed by atoms with Gasteiger partial charge in [-0.1, -0.05) is 30.3 Å². The van der Waals surface area contributed by atoms with Crippen LogP contribution in [0.5, 0.6) is 0 Å². The number of aliphatic hydroxyl groups is 1. The van der Waals surface area contributed by atoms with Gasteiger partial charge < -0.3 is 20.3 Å². The molecule has 0 fully saturated rings. The van der Waals surface area contributed by atoms with Gasteiger partial charge in [-0.15, -0.1) is 0 Å². The maximum Gasteiger partial charge on any atom is 0.244 e. The van der Waals surface area contributed by atoms with Gasteiger partial charge >= 0.3 is 0 Å². The fourth-order valence-corrected chi connectivity index (χ4v) is 2.94. The number of nitrogens with zero attached hydrogens (tertiary/aromatic N) is 2. The highest BCUT2D eigenvalue weighted by Gasteiger charge is 2.15. The fraction of sp³-hybridized carbons (Fsp3) is 0.300. The van der Waals surface area contributed by atoms with Crippen molar-refractivity contribution < 1.29 is 9.90 Å². The highest BCUT2D eigenvalue weighted by atomic mass is 16.3. The first-order chi connectivity index (χ1) is 12.5. The van der Waals surface area contributed by atoms with Gasteiger partial charge in [0, 0.05) is 12.2 Å². The van der Waals surface area contributed by atoms with Gasteiger partial charge in [0.25, 0.3) is 0 Å². The van der Waals surface area contributed by atoms with Crippen LogP contribution in [0.2, 0.25) is 0 Å². The van der Waals surface area contributed by atoms with E-state index < -0.39 is 6.10 Å². The van der Waals surface area contributed by atoms with E-state index in [-0.39, 0.29) is 12.5 Å². The van der Waals surface area contributed by atoms with Crippen molar-refractivity contribution in [2.75, 3.05) is 17.2 Å². The maximum absolute atomic E-state index is 12.7. The summed E-state index contributed by atoms with van der Waals surface area (Å²) in [7, 11) is 0. The lowest BCUT2D eigenvalue weighted by Crippen LogP contribution is -2.23. The third-order valence-corrected chi connectivity index (χ3v) is 4.26. The van der Waals surface area contributed by atoms with Crippen LogP contribution in [0.4, 0.5) is 11.6 Å². The number of carbonyl (C=O) groups is 1. The van der Waals surface area contributed by atoms with Crippen LogP contribution in [0.3, 0.4) is 0 Å². The van der Waals surface area contributed by atoms with Crippen LogP contribution < -0.4 is 10.6 Å². The first-order valence-corrected chi connectivity index (χ1v) is 8.69. The Hall–Kier alpha value is -2.86. The summed E-state index contributed by atoms with van der Waals surface area (Å²) >= 11 is 0. The minimum Gasteiger partial charge on any atom is -0.392 e. The molecule has 3 rings (SSSR count). The Bertz CT molecular complexity index is 910. The maximum atomic E-state index is 12.7. The quantitative estimate of drug-likeness (QED) is 0.637. The molecule has 0 radical (unpaired) electrons. The number of hydrogen-bond acceptors (Lipinski definition) is 4. The molecular weight excluding hydrogens is 328 g/mol. The van der Waals surface area contributed by atoms with E-state index in [0.29, 0.717) is 12.5 Å². The lowest BCUT2D eigenvalue weighted by molar-refractivity contribution is -0.116. The van der Waals surface area contributed by atoms with E-state index >= 15 is 0 Å². The largest absolute Gasteiger partial charge is 0.392 e. The van der Waals surface area contributed by atoms with E-state index in [9.17, 15) is 9.90 Å². The normalized spacial score (nSPS) is 12.2. The van der Waals surface area contributed by atoms with Crippen molar-refractivity contribution in [2.24, 2.45) is 0 Å². The average molecular weight is 352 g/mol. The molecule has 3 N–H and O–H groups in total. The molecule has 2 aromatic carbocycles. The van der Waals surface area contributed by atoms with Crippen LogP contribution in [0, 0.1) is 13.8 Å². The third kappa shape index (κ3) is 3.86. The molecule has 0 bridgehead atoms. The lowest BCUT2D eigenvalue weighted by atomic mass is 10.1. The molecule has 1 aromatic heterocycles. The summed E-state index contributed by atoms with van der Waals surface area (Å²) in [6, 6.07) is 13.6. The van der Waals surface area contributed by atoms with Crippen molar-refractivity contribution in [1.82, 2.24) is 9.55 Å². The number of carbonyl (C=O) groups excluding carboxylic acids is 1. The van der Waals surface area contributed by atoms with E-state index in [1.54, 1.807) is 6.92 Å². The van der Waals surface area contributed by atoms with Gasteiger partial charge in [-0.25, -0.2) is 4.98 Å². The Balaban J connectivity index is 1.87. The number of aliphatic hydroxyl groups excluding tert-OH is 1. The van der Waals surface area contributed by atoms with Crippen LogP contribution in [0.1, 0.15) is 18.1 Å². The molecular formula is C20H24N4O2. The van der Waals surface area contributed by atoms with Gasteiger partial charge in [-0.3, -0.25) is 4.79 Å². The fourth-order valence-electron chi connectivity index (χ4n) is 2.94. The van der Waals surface area contributed by atoms with Gasteiger partial charge in [0.2, 0.25) is 11.9 Å². The molecule has 1 heterocycles. The molecule has 0 unspecified atom stereocenters. The number of aromatic nitrogens is 2. The Morgan fingerprint density at radius 2 is 1.85 bits per heavy atom. The molecule has 0 aliphatic heterocycles. The number of benzene rings is 2. The molecule has 0 aliphatic carbocycles. The summed E-state index contributed by atoms with van der Waals surface area (Å²) in [4.78, 5) is 17.2. The van der Waals surface area contributed by atoms with Crippen LogP contribution in [-0.4, -0.2) is 33.2 Å². The zero-order valence-electron chi connectivity index (χ0n) is 15.3. The van der Waals surface area contributed by atoms with Crippen LogP contribution in [0.15, 0.2) is 42.5 Å². The third-order valence-electron chi connectivity index (χ3n) is 4.26. The lowest BCUT2D eigenvalue weighted by Gasteiger charge is -2.14. The highest BCUT2D eigenvalue weighted by molar-refractivity contribution is 5.93. The standard InChI is InChI=1S/C20H24N4O2/c1-13-7-6-8-14(2)19(13)23-18(26)12-24-17-10-5-4-9-16(17)22-20(24)21-11-15(3)25/h4-10,15,25H,11-12H2,1-3H3,(H,21,22)(H,23,26)/t15-/m0/s1. The number of para-hydroxylation sites is 3. The SMILES string of the molecule is Cc1cccc(C)c1NC(=O)Cn1c(NC[C@H](C)O)nc2ccccc21. The molecule has 0 saturated heterocycles. The first-order valence-electron chi connectivity index (χ1n) is 8.69. The molecule has 1 atom stereocenters. The minimum absolute atomic E-state index is 0.120. The number of amides is 1. The van der Waals surface area contributed by atoms with E-state index in [2.05, 4.69) is 15.6 Å². The Morgan fingerprint density at radius 3 is 2.54 bits per heavy atom. The number of rotatable bonds is 6. The van der Waals surface area contributed by atoms with Crippen molar-refractivity contribution >= 4 is 28.6 Å². The Kier molecular flexibility index (Phi) is 5.23. The minimum atomic E-state index is -0.508. The second-order valence-electron chi connectivity index (χ2n) is 6.56. The van der Waals surface area contributed by atoms with Crippen LogP contribution in [-0.2, 0) is 11.3 Å². The molecule has 26 heavy (non-hydrogen) atoms. The molecule has 3 aromatic rings. The number of aryl methyl sites for hydroxylation is 2. The second kappa shape index (κ2) is 7.58. The second-order valence-corrected chi connectivity index (χ2v) is 6.56. The summed E-state index contributed by atoms with van der Waals surface area (Å²) in [6.45, 7) is 6.15. The predicted octanol–water partition coefficient (Wildman–Crippen LogP) is 3.08. The smallest absolute Gasteiger partial charge is 0.244 e. The molecule has 0 aliphatic rings. The molecule has 136 valence electrons. The monoisotopic (exact) mass is 352 g/mol. The molecule has 0 spiro atoms.